The van der Waals surface area contributed by atoms with E-state index < -0.39 is 24.4 Å². The van der Waals surface area contributed by atoms with Gasteiger partial charge in [-0.1, -0.05) is 11.6 Å². The van der Waals surface area contributed by atoms with Crippen LogP contribution in [-0.2, 0) is 19.1 Å². The molecule has 3 rings (SSSR count). The Hall–Kier alpha value is -3.26. The van der Waals surface area contributed by atoms with Crippen LogP contribution in [0.3, 0.4) is 0 Å². The van der Waals surface area contributed by atoms with Crippen LogP contribution in [0.1, 0.15) is 6.42 Å². The van der Waals surface area contributed by atoms with Gasteiger partial charge in [0.25, 0.3) is 5.91 Å². The van der Waals surface area contributed by atoms with Gasteiger partial charge in [0.05, 0.1) is 25.8 Å². The highest BCUT2D eigenvalue weighted by Crippen LogP contribution is 2.29. The number of rotatable bonds is 7. The van der Waals surface area contributed by atoms with Gasteiger partial charge in [0.15, 0.2) is 6.61 Å². The van der Waals surface area contributed by atoms with Crippen molar-refractivity contribution >= 4 is 40.8 Å². The van der Waals surface area contributed by atoms with Gasteiger partial charge < -0.3 is 24.4 Å². The van der Waals surface area contributed by atoms with E-state index >= 15 is 0 Å². The minimum Gasteiger partial charge on any atom is -0.497 e. The summed E-state index contributed by atoms with van der Waals surface area (Å²) < 4.78 is 15.4. The molecule has 158 valence electrons. The molecule has 0 spiro atoms. The second kappa shape index (κ2) is 9.49. The van der Waals surface area contributed by atoms with Crippen LogP contribution in [-0.4, -0.2) is 45.2 Å². The number of halogens is 1. The SMILES string of the molecule is COc1ccc(N2C[C@@H](C(=O)OCC(=O)Nc3cc(Cl)ccc3OC)CC2=O)cc1. The summed E-state index contributed by atoms with van der Waals surface area (Å²) >= 11 is 5.93. The van der Waals surface area contributed by atoms with E-state index in [4.69, 9.17) is 25.8 Å². The fourth-order valence-electron chi connectivity index (χ4n) is 3.10. The smallest absolute Gasteiger partial charge is 0.311 e. The molecule has 2 aromatic carbocycles. The average molecular weight is 433 g/mol. The van der Waals surface area contributed by atoms with Crippen molar-refractivity contribution in [3.63, 3.8) is 0 Å². The third-order valence-electron chi connectivity index (χ3n) is 4.62. The van der Waals surface area contributed by atoms with Crippen LogP contribution in [0.15, 0.2) is 42.5 Å². The molecule has 0 unspecified atom stereocenters. The number of carbonyl (C=O) groups is 3. The second-order valence-electron chi connectivity index (χ2n) is 6.60. The molecule has 1 aliphatic heterocycles. The zero-order chi connectivity index (χ0) is 21.7. The minimum absolute atomic E-state index is 0.0224. The molecule has 1 heterocycles. The maximum Gasteiger partial charge on any atom is 0.311 e. The van der Waals surface area contributed by atoms with Crippen LogP contribution in [0.25, 0.3) is 0 Å². The quantitative estimate of drug-likeness (QED) is 0.676. The number of carbonyl (C=O) groups excluding carboxylic acids is 3. The van der Waals surface area contributed by atoms with Gasteiger partial charge in [0.1, 0.15) is 11.5 Å². The van der Waals surface area contributed by atoms with Gasteiger partial charge in [-0.2, -0.15) is 0 Å². The van der Waals surface area contributed by atoms with Crippen molar-refractivity contribution in [2.24, 2.45) is 5.92 Å². The van der Waals surface area contributed by atoms with Gasteiger partial charge in [-0.3, -0.25) is 14.4 Å². The second-order valence-corrected chi connectivity index (χ2v) is 7.04. The monoisotopic (exact) mass is 432 g/mol. The van der Waals surface area contributed by atoms with Crippen LogP contribution >= 0.6 is 11.6 Å². The van der Waals surface area contributed by atoms with Crippen molar-refractivity contribution < 1.29 is 28.6 Å². The Balaban J connectivity index is 1.54. The van der Waals surface area contributed by atoms with Gasteiger partial charge in [-0.15, -0.1) is 0 Å². The molecule has 8 nitrogen and oxygen atoms in total. The number of benzene rings is 2. The molecule has 1 atom stereocenters. The molecule has 9 heteroatoms. The highest BCUT2D eigenvalue weighted by atomic mass is 35.5. The van der Waals surface area contributed by atoms with Gasteiger partial charge in [-0.05, 0) is 42.5 Å². The lowest BCUT2D eigenvalue weighted by Crippen LogP contribution is -2.28. The molecule has 1 saturated heterocycles. The van der Waals surface area contributed by atoms with Crippen molar-refractivity contribution in [3.05, 3.63) is 47.5 Å². The normalized spacial score (nSPS) is 15.6. The fourth-order valence-corrected chi connectivity index (χ4v) is 3.27. The standard InChI is InChI=1S/C21H21ClN2O6/c1-28-16-6-4-15(5-7-16)24-11-13(9-20(24)26)21(27)30-12-19(25)23-17-10-14(22)3-8-18(17)29-2/h3-8,10,13H,9,11-12H2,1-2H3,(H,23,25)/t13-/m0/s1. The average Bonchev–Trinajstić information content (AvgIpc) is 3.14. The molecular weight excluding hydrogens is 412 g/mol. The van der Waals surface area contributed by atoms with E-state index in [1.54, 1.807) is 43.5 Å². The van der Waals surface area contributed by atoms with E-state index in [1.165, 1.54) is 18.1 Å². The van der Waals surface area contributed by atoms with E-state index in [0.29, 0.717) is 27.9 Å². The molecule has 0 bridgehead atoms. The lowest BCUT2D eigenvalue weighted by atomic mass is 10.1. The number of anilines is 2. The van der Waals surface area contributed by atoms with Crippen LogP contribution in [0, 0.1) is 5.92 Å². The van der Waals surface area contributed by atoms with Gasteiger partial charge in [-0.25, -0.2) is 0 Å². The summed E-state index contributed by atoms with van der Waals surface area (Å²) in [6.45, 7) is -0.296. The Bertz CT molecular complexity index is 947. The number of methoxy groups -OCH3 is 2. The molecule has 0 aliphatic carbocycles. The zero-order valence-electron chi connectivity index (χ0n) is 16.5. The third kappa shape index (κ3) is 5.01. The molecule has 0 radical (unpaired) electrons. The van der Waals surface area contributed by atoms with Crippen LogP contribution in [0.4, 0.5) is 11.4 Å². The molecule has 2 aromatic rings. The van der Waals surface area contributed by atoms with Crippen LogP contribution in [0.2, 0.25) is 5.02 Å². The number of amides is 2. The molecule has 2 amide bonds. The first-order valence-corrected chi connectivity index (χ1v) is 9.53. The van der Waals surface area contributed by atoms with Gasteiger partial charge >= 0.3 is 5.97 Å². The summed E-state index contributed by atoms with van der Waals surface area (Å²) in [6.07, 6.45) is 0.0224. The van der Waals surface area contributed by atoms with Crippen molar-refractivity contribution in [3.8, 4) is 11.5 Å². The highest BCUT2D eigenvalue weighted by Gasteiger charge is 2.36. The first-order chi connectivity index (χ1) is 14.4. The predicted octanol–water partition coefficient (Wildman–Crippen LogP) is 2.89. The first-order valence-electron chi connectivity index (χ1n) is 9.15. The number of hydrogen-bond donors (Lipinski definition) is 1. The van der Waals surface area contributed by atoms with Crippen LogP contribution in [0.5, 0.6) is 11.5 Å². The summed E-state index contributed by atoms with van der Waals surface area (Å²) in [6, 6.07) is 11.7. The van der Waals surface area contributed by atoms with E-state index in [0.717, 1.165) is 0 Å². The zero-order valence-corrected chi connectivity index (χ0v) is 17.3. The Kier molecular flexibility index (Phi) is 6.79. The van der Waals surface area contributed by atoms with Gasteiger partial charge in [0.2, 0.25) is 5.91 Å². The molecule has 0 aromatic heterocycles. The van der Waals surface area contributed by atoms with E-state index in [2.05, 4.69) is 5.32 Å². The van der Waals surface area contributed by atoms with Gasteiger partial charge in [0, 0.05) is 23.7 Å². The molecule has 30 heavy (non-hydrogen) atoms. The van der Waals surface area contributed by atoms with Crippen LogP contribution < -0.4 is 19.7 Å². The number of nitrogens with one attached hydrogen (secondary N) is 1. The maximum absolute atomic E-state index is 12.4. The lowest BCUT2D eigenvalue weighted by Gasteiger charge is -2.17. The van der Waals surface area contributed by atoms with Crippen molar-refractivity contribution in [1.29, 1.82) is 0 Å². The molecular formula is C21H21ClN2O6. The first kappa shape index (κ1) is 21.4. The lowest BCUT2D eigenvalue weighted by molar-refractivity contribution is -0.151. The highest BCUT2D eigenvalue weighted by molar-refractivity contribution is 6.31. The summed E-state index contributed by atoms with van der Waals surface area (Å²) in [5.74, 6) is -0.879. The molecule has 0 saturated carbocycles. The van der Waals surface area contributed by atoms with Crippen molar-refractivity contribution in [1.82, 2.24) is 0 Å². The Labute approximate surface area is 178 Å². The topological polar surface area (TPSA) is 94.2 Å². The number of esters is 1. The van der Waals surface area contributed by atoms with E-state index in [1.807, 2.05) is 0 Å². The fraction of sp³-hybridized carbons (Fsp3) is 0.286. The number of ether oxygens (including phenoxy) is 3. The van der Waals surface area contributed by atoms with Crippen molar-refractivity contribution in [2.45, 2.75) is 6.42 Å². The predicted molar refractivity (Wildman–Crippen MR) is 111 cm³/mol. The van der Waals surface area contributed by atoms with E-state index in [9.17, 15) is 14.4 Å². The molecule has 1 N–H and O–H groups in total. The Morgan fingerprint density at radius 2 is 1.87 bits per heavy atom. The minimum atomic E-state index is -0.645. The summed E-state index contributed by atoms with van der Waals surface area (Å²) in [5, 5.41) is 3.01. The third-order valence-corrected chi connectivity index (χ3v) is 4.86. The van der Waals surface area contributed by atoms with Crippen molar-refractivity contribution in [2.75, 3.05) is 37.6 Å². The Morgan fingerprint density at radius 3 is 2.53 bits per heavy atom. The number of nitrogens with zero attached hydrogens (tertiary/aromatic N) is 1. The van der Waals surface area contributed by atoms with E-state index in [-0.39, 0.29) is 18.9 Å². The summed E-state index contributed by atoms with van der Waals surface area (Å²) in [5.41, 5.74) is 1.04. The summed E-state index contributed by atoms with van der Waals surface area (Å²) in [4.78, 5) is 38.3. The largest absolute Gasteiger partial charge is 0.497 e. The molecule has 1 fully saturated rings. The Morgan fingerprint density at radius 1 is 1.13 bits per heavy atom. The summed E-state index contributed by atoms with van der Waals surface area (Å²) in [7, 11) is 3.02. The maximum atomic E-state index is 12.4. The molecule has 1 aliphatic rings. The number of hydrogen-bond acceptors (Lipinski definition) is 6.